The molecule has 3 fully saturated rings. The molecule has 1 aromatic heterocycles. The van der Waals surface area contributed by atoms with Gasteiger partial charge in [-0.05, 0) is 38.0 Å². The average Bonchev–Trinajstić information content (AvgIpc) is 3.33. The van der Waals surface area contributed by atoms with Crippen molar-refractivity contribution in [3.8, 4) is 0 Å². The van der Waals surface area contributed by atoms with Crippen molar-refractivity contribution < 1.29 is 4.79 Å². The minimum atomic E-state index is 0.325. The fraction of sp³-hybridized carbons (Fsp3) is 0.706. The number of likely N-dealkylation sites (tertiary alicyclic amines) is 1. The van der Waals surface area contributed by atoms with E-state index in [0.29, 0.717) is 11.9 Å². The van der Waals surface area contributed by atoms with Gasteiger partial charge in [0, 0.05) is 44.7 Å². The monoisotopic (exact) mass is 315 g/mol. The number of carbonyl (C=O) groups is 1. The van der Waals surface area contributed by atoms with Crippen molar-refractivity contribution in [2.24, 2.45) is 5.92 Å². The number of nitrogens with one attached hydrogen (secondary N) is 1. The molecule has 6 heteroatoms. The molecule has 1 saturated carbocycles. The maximum absolute atomic E-state index is 12.0. The van der Waals surface area contributed by atoms with Gasteiger partial charge in [-0.1, -0.05) is 0 Å². The van der Waals surface area contributed by atoms with E-state index in [1.165, 1.54) is 12.8 Å². The van der Waals surface area contributed by atoms with Crippen molar-refractivity contribution in [1.82, 2.24) is 14.9 Å². The van der Waals surface area contributed by atoms with Crippen LogP contribution in [0.5, 0.6) is 0 Å². The summed E-state index contributed by atoms with van der Waals surface area (Å²) in [5.74, 6) is 3.05. The SMILES string of the molecule is O=C1CCCN1[C@H]1CCCN(c2cc(NCC3CC3)ncn2)C1. The number of hydrogen-bond acceptors (Lipinski definition) is 5. The summed E-state index contributed by atoms with van der Waals surface area (Å²) in [5, 5.41) is 3.42. The van der Waals surface area contributed by atoms with Crippen LogP contribution in [-0.2, 0) is 4.79 Å². The molecular formula is C17H25N5O. The molecule has 0 radical (unpaired) electrons. The van der Waals surface area contributed by atoms with E-state index >= 15 is 0 Å². The lowest BCUT2D eigenvalue weighted by molar-refractivity contribution is -0.129. The number of rotatable bonds is 5. The molecule has 0 aromatic carbocycles. The molecule has 3 aliphatic rings. The maximum Gasteiger partial charge on any atom is 0.222 e. The van der Waals surface area contributed by atoms with Gasteiger partial charge in [0.15, 0.2) is 0 Å². The standard InChI is InChI=1S/C17H25N5O/c23-17-4-2-8-22(17)14-3-1-7-21(11-14)16-9-15(19-12-20-16)18-10-13-5-6-13/h9,12-14H,1-8,10-11H2,(H,18,19,20)/t14-/m0/s1. The Kier molecular flexibility index (Phi) is 4.06. The van der Waals surface area contributed by atoms with Gasteiger partial charge in [0.05, 0.1) is 0 Å². The van der Waals surface area contributed by atoms with E-state index in [9.17, 15) is 4.79 Å². The Hall–Kier alpha value is -1.85. The van der Waals surface area contributed by atoms with Gasteiger partial charge < -0.3 is 15.1 Å². The molecule has 0 spiro atoms. The van der Waals surface area contributed by atoms with Gasteiger partial charge in [0.1, 0.15) is 18.0 Å². The first kappa shape index (κ1) is 14.7. The van der Waals surface area contributed by atoms with Gasteiger partial charge >= 0.3 is 0 Å². The molecule has 6 nitrogen and oxygen atoms in total. The van der Waals surface area contributed by atoms with Gasteiger partial charge in [-0.3, -0.25) is 4.79 Å². The molecule has 3 heterocycles. The summed E-state index contributed by atoms with van der Waals surface area (Å²) >= 11 is 0. The molecule has 1 atom stereocenters. The number of hydrogen-bond donors (Lipinski definition) is 1. The Balaban J connectivity index is 1.42. The molecule has 4 rings (SSSR count). The second-order valence-electron chi connectivity index (χ2n) is 7.02. The minimum absolute atomic E-state index is 0.325. The second kappa shape index (κ2) is 6.34. The van der Waals surface area contributed by atoms with Gasteiger partial charge in [-0.15, -0.1) is 0 Å². The summed E-state index contributed by atoms with van der Waals surface area (Å²) < 4.78 is 0. The van der Waals surface area contributed by atoms with Crippen molar-refractivity contribution in [1.29, 1.82) is 0 Å². The zero-order chi connectivity index (χ0) is 15.6. The van der Waals surface area contributed by atoms with Crippen molar-refractivity contribution >= 4 is 17.5 Å². The zero-order valence-corrected chi connectivity index (χ0v) is 13.6. The summed E-state index contributed by atoms with van der Waals surface area (Å²) in [4.78, 5) is 25.2. The lowest BCUT2D eigenvalue weighted by atomic mass is 10.0. The average molecular weight is 315 g/mol. The quantitative estimate of drug-likeness (QED) is 0.899. The van der Waals surface area contributed by atoms with E-state index in [2.05, 4.69) is 31.2 Å². The van der Waals surface area contributed by atoms with Crippen LogP contribution in [-0.4, -0.2) is 53.0 Å². The number of piperidine rings is 1. The van der Waals surface area contributed by atoms with Crippen LogP contribution in [0.15, 0.2) is 12.4 Å². The summed E-state index contributed by atoms with van der Waals surface area (Å²) in [6.45, 7) is 3.85. The summed E-state index contributed by atoms with van der Waals surface area (Å²) in [6.07, 6.45) is 8.28. The predicted molar refractivity (Wildman–Crippen MR) is 89.4 cm³/mol. The Labute approximate surface area is 137 Å². The van der Waals surface area contributed by atoms with E-state index in [1.807, 2.05) is 0 Å². The van der Waals surface area contributed by atoms with Crippen molar-refractivity contribution in [2.45, 2.75) is 44.6 Å². The van der Waals surface area contributed by atoms with Crippen molar-refractivity contribution in [3.63, 3.8) is 0 Å². The van der Waals surface area contributed by atoms with Gasteiger partial charge in [-0.2, -0.15) is 0 Å². The normalized spacial score (nSPS) is 25.0. The third-order valence-corrected chi connectivity index (χ3v) is 5.19. The fourth-order valence-electron chi connectivity index (χ4n) is 3.66. The lowest BCUT2D eigenvalue weighted by Crippen LogP contribution is -2.48. The Bertz CT molecular complexity index is 574. The molecule has 1 N–H and O–H groups in total. The van der Waals surface area contributed by atoms with Crippen LogP contribution in [0.25, 0.3) is 0 Å². The van der Waals surface area contributed by atoms with Gasteiger partial charge in [0.25, 0.3) is 0 Å². The molecule has 0 bridgehead atoms. The molecule has 23 heavy (non-hydrogen) atoms. The largest absolute Gasteiger partial charge is 0.370 e. The smallest absolute Gasteiger partial charge is 0.222 e. The van der Waals surface area contributed by atoms with E-state index in [4.69, 9.17) is 0 Å². The van der Waals surface area contributed by atoms with E-state index in [1.54, 1.807) is 6.33 Å². The Morgan fingerprint density at radius 2 is 2.09 bits per heavy atom. The van der Waals surface area contributed by atoms with Crippen LogP contribution < -0.4 is 10.2 Å². The molecule has 1 amide bonds. The molecule has 1 aromatic rings. The fourth-order valence-corrected chi connectivity index (χ4v) is 3.66. The van der Waals surface area contributed by atoms with Crippen LogP contribution in [0.3, 0.4) is 0 Å². The number of amides is 1. The minimum Gasteiger partial charge on any atom is -0.370 e. The number of nitrogens with zero attached hydrogens (tertiary/aromatic N) is 4. The van der Waals surface area contributed by atoms with E-state index in [-0.39, 0.29) is 0 Å². The van der Waals surface area contributed by atoms with Crippen LogP contribution in [0.1, 0.15) is 38.5 Å². The van der Waals surface area contributed by atoms with E-state index < -0.39 is 0 Å². The molecule has 2 aliphatic heterocycles. The highest BCUT2D eigenvalue weighted by Crippen LogP contribution is 2.29. The molecule has 2 saturated heterocycles. The van der Waals surface area contributed by atoms with Crippen LogP contribution in [0, 0.1) is 5.92 Å². The molecule has 1 aliphatic carbocycles. The van der Waals surface area contributed by atoms with Crippen molar-refractivity contribution in [3.05, 3.63) is 12.4 Å². The Morgan fingerprint density at radius 1 is 1.17 bits per heavy atom. The third-order valence-electron chi connectivity index (χ3n) is 5.19. The second-order valence-corrected chi connectivity index (χ2v) is 7.02. The van der Waals surface area contributed by atoms with Gasteiger partial charge in [-0.25, -0.2) is 9.97 Å². The summed E-state index contributed by atoms with van der Waals surface area (Å²) in [5.41, 5.74) is 0. The predicted octanol–water partition coefficient (Wildman–Crippen LogP) is 1.89. The lowest BCUT2D eigenvalue weighted by Gasteiger charge is -2.38. The van der Waals surface area contributed by atoms with E-state index in [0.717, 1.165) is 69.4 Å². The zero-order valence-electron chi connectivity index (χ0n) is 13.6. The highest BCUT2D eigenvalue weighted by Gasteiger charge is 2.31. The summed E-state index contributed by atoms with van der Waals surface area (Å²) in [6, 6.07) is 2.40. The number of aromatic nitrogens is 2. The number of carbonyl (C=O) groups excluding carboxylic acids is 1. The van der Waals surface area contributed by atoms with Crippen LogP contribution in [0.2, 0.25) is 0 Å². The van der Waals surface area contributed by atoms with Gasteiger partial charge in [0.2, 0.25) is 5.91 Å². The highest BCUT2D eigenvalue weighted by molar-refractivity contribution is 5.78. The Morgan fingerprint density at radius 3 is 2.87 bits per heavy atom. The summed E-state index contributed by atoms with van der Waals surface area (Å²) in [7, 11) is 0. The topological polar surface area (TPSA) is 61.4 Å². The van der Waals surface area contributed by atoms with Crippen molar-refractivity contribution in [2.75, 3.05) is 36.4 Å². The first-order valence-electron chi connectivity index (χ1n) is 8.90. The third kappa shape index (κ3) is 3.41. The molecule has 124 valence electrons. The van der Waals surface area contributed by atoms with Crippen LogP contribution >= 0.6 is 0 Å². The first-order valence-corrected chi connectivity index (χ1v) is 8.90. The molecule has 0 unspecified atom stereocenters. The van der Waals surface area contributed by atoms with Crippen LogP contribution in [0.4, 0.5) is 11.6 Å². The number of anilines is 2. The highest BCUT2D eigenvalue weighted by atomic mass is 16.2. The maximum atomic E-state index is 12.0. The first-order chi connectivity index (χ1) is 11.3. The molecular weight excluding hydrogens is 290 g/mol.